The van der Waals surface area contributed by atoms with Gasteiger partial charge in [-0.1, -0.05) is 11.6 Å². The molecule has 5 rings (SSSR count). The van der Waals surface area contributed by atoms with Crippen molar-refractivity contribution in [2.45, 2.75) is 24.5 Å². The fourth-order valence-corrected chi connectivity index (χ4v) is 4.90. The number of H-pyrrole nitrogens is 1. The summed E-state index contributed by atoms with van der Waals surface area (Å²) < 4.78 is 18.5. The highest BCUT2D eigenvalue weighted by atomic mass is 35.5. The molecule has 4 N–H and O–H groups in total. The number of fused-ring (bicyclic) bond motifs is 2. The van der Waals surface area contributed by atoms with E-state index in [0.717, 1.165) is 0 Å². The number of ether oxygens (including phenoxy) is 1. The zero-order valence-electron chi connectivity index (χ0n) is 14.6. The van der Waals surface area contributed by atoms with Crippen LogP contribution in [0.25, 0.3) is 22.6 Å². The molecule has 1 aromatic carbocycles. The summed E-state index contributed by atoms with van der Waals surface area (Å²) in [6.07, 6.45) is -3.20. The van der Waals surface area contributed by atoms with Gasteiger partial charge in [0, 0.05) is 10.6 Å². The summed E-state index contributed by atoms with van der Waals surface area (Å²) in [4.78, 5) is 23.5. The Morgan fingerprint density at radius 3 is 2.86 bits per heavy atom. The first-order chi connectivity index (χ1) is 13.9. The van der Waals surface area contributed by atoms with E-state index in [9.17, 15) is 9.90 Å². The number of benzene rings is 1. The van der Waals surface area contributed by atoms with Crippen molar-refractivity contribution in [2.24, 2.45) is 0 Å². The number of anilines is 1. The molecule has 3 aromatic rings. The second-order valence-electron chi connectivity index (χ2n) is 6.58. The number of nitrogens with zero attached hydrogens (tertiary/aromatic N) is 3. The van der Waals surface area contributed by atoms with Gasteiger partial charge in [-0.05, 0) is 24.3 Å². The molecule has 0 radical (unpaired) electrons. The third kappa shape index (κ3) is 3.15. The van der Waals surface area contributed by atoms with Crippen LogP contribution in [0.4, 0.5) is 5.95 Å². The van der Waals surface area contributed by atoms with E-state index in [4.69, 9.17) is 42.9 Å². The monoisotopic (exact) mass is 454 g/mol. The Labute approximate surface area is 174 Å². The summed E-state index contributed by atoms with van der Waals surface area (Å²) in [5.74, 6) is 0.286. The fourth-order valence-electron chi connectivity index (χ4n) is 3.51. The molecule has 2 aliphatic rings. The van der Waals surface area contributed by atoms with Gasteiger partial charge >= 0.3 is 7.15 Å². The molecule has 0 spiro atoms. The van der Waals surface area contributed by atoms with Gasteiger partial charge in [0.15, 0.2) is 23.5 Å². The van der Waals surface area contributed by atoms with Gasteiger partial charge in [0.25, 0.3) is 5.56 Å². The van der Waals surface area contributed by atoms with E-state index in [-0.39, 0.29) is 23.7 Å². The molecule has 3 unspecified atom stereocenters. The number of aromatic amines is 1. The van der Waals surface area contributed by atoms with Crippen LogP contribution in [0.1, 0.15) is 6.23 Å². The normalized spacial score (nSPS) is 28.0. The number of halogens is 1. The lowest BCUT2D eigenvalue weighted by molar-refractivity contribution is -0.0515. The smallest absolute Gasteiger partial charge is 0.385 e. The minimum atomic E-state index is -1.51. The van der Waals surface area contributed by atoms with Crippen molar-refractivity contribution in [3.63, 3.8) is 0 Å². The lowest BCUT2D eigenvalue weighted by Crippen LogP contribution is -2.37. The third-order valence-corrected chi connectivity index (χ3v) is 6.39. The number of nitrogens with one attached hydrogen (secondary N) is 1. The van der Waals surface area contributed by atoms with Crippen LogP contribution in [-0.4, -0.2) is 49.5 Å². The van der Waals surface area contributed by atoms with Gasteiger partial charge in [-0.15, -0.1) is 9.05 Å². The summed E-state index contributed by atoms with van der Waals surface area (Å²) in [5.41, 5.74) is 6.15. The number of imidazole rings is 1. The number of hydrogen-bond donors (Lipinski definition) is 3. The van der Waals surface area contributed by atoms with Crippen molar-refractivity contribution < 1.29 is 18.9 Å². The molecule has 2 aromatic heterocycles. The quantitative estimate of drug-likeness (QED) is 0.491. The summed E-state index contributed by atoms with van der Waals surface area (Å²) >= 11 is 11.1. The SMILES string of the molecule is Nc1nc2c(nc(-c3ccc(Cl)cc3)n2[C@@H]2OC3CO[P+](=S)O[C@H]3C2O)c(=O)[nH]1. The van der Waals surface area contributed by atoms with Gasteiger partial charge in [0.05, 0.1) is 0 Å². The number of aliphatic hydroxyl groups excluding tert-OH is 1. The van der Waals surface area contributed by atoms with Crippen LogP contribution in [0.2, 0.25) is 5.02 Å². The van der Waals surface area contributed by atoms with E-state index in [0.29, 0.717) is 16.4 Å². The zero-order chi connectivity index (χ0) is 20.3. The molecular weight excluding hydrogens is 441 g/mol. The maximum atomic E-state index is 12.4. The van der Waals surface area contributed by atoms with Crippen molar-refractivity contribution >= 4 is 47.7 Å². The highest BCUT2D eigenvalue weighted by Gasteiger charge is 2.54. The molecule has 4 heterocycles. The summed E-state index contributed by atoms with van der Waals surface area (Å²) in [5, 5.41) is 11.5. The highest BCUT2D eigenvalue weighted by Crippen LogP contribution is 2.44. The largest absolute Gasteiger partial charge is 0.522 e. The van der Waals surface area contributed by atoms with Crippen LogP contribution in [0.15, 0.2) is 29.1 Å². The van der Waals surface area contributed by atoms with Gasteiger partial charge in [0.1, 0.15) is 24.6 Å². The summed E-state index contributed by atoms with van der Waals surface area (Å²) in [6.45, 7) is 0.201. The number of nitrogen functional groups attached to an aromatic ring is 1. The molecule has 10 nitrogen and oxygen atoms in total. The Balaban J connectivity index is 1.71. The van der Waals surface area contributed by atoms with Crippen molar-refractivity contribution in [2.75, 3.05) is 12.3 Å². The molecular formula is C16H14ClN5O5PS+. The molecule has 2 aliphatic heterocycles. The van der Waals surface area contributed by atoms with Crippen molar-refractivity contribution in [3.05, 3.63) is 39.6 Å². The van der Waals surface area contributed by atoms with Crippen LogP contribution in [-0.2, 0) is 25.6 Å². The average molecular weight is 455 g/mol. The van der Waals surface area contributed by atoms with Crippen LogP contribution < -0.4 is 11.3 Å². The highest BCUT2D eigenvalue weighted by molar-refractivity contribution is 8.00. The van der Waals surface area contributed by atoms with Crippen molar-refractivity contribution in [1.82, 2.24) is 19.5 Å². The van der Waals surface area contributed by atoms with E-state index in [1.165, 1.54) is 0 Å². The van der Waals surface area contributed by atoms with Crippen LogP contribution in [0.3, 0.4) is 0 Å². The first kappa shape index (κ1) is 19.0. The molecule has 2 fully saturated rings. The Kier molecular flexibility index (Phi) is 4.63. The first-order valence-corrected chi connectivity index (χ1v) is 11.1. The maximum absolute atomic E-state index is 12.4. The molecule has 0 aliphatic carbocycles. The minimum Gasteiger partial charge on any atom is -0.385 e. The van der Waals surface area contributed by atoms with Crippen LogP contribution in [0, 0.1) is 0 Å². The van der Waals surface area contributed by atoms with Gasteiger partial charge in [-0.3, -0.25) is 14.3 Å². The molecule has 2 saturated heterocycles. The minimum absolute atomic E-state index is 0.0671. The second kappa shape index (κ2) is 7.06. The molecule has 5 atom stereocenters. The Hall–Kier alpha value is -1.98. The van der Waals surface area contributed by atoms with E-state index in [2.05, 4.69) is 15.0 Å². The number of aliphatic hydroxyl groups is 1. The summed E-state index contributed by atoms with van der Waals surface area (Å²) in [7, 11) is -1.51. The van der Waals surface area contributed by atoms with Crippen molar-refractivity contribution in [1.29, 1.82) is 0 Å². The van der Waals surface area contributed by atoms with Crippen LogP contribution >= 0.6 is 18.8 Å². The summed E-state index contributed by atoms with van der Waals surface area (Å²) in [6, 6.07) is 6.88. The van der Waals surface area contributed by atoms with Gasteiger partial charge < -0.3 is 15.6 Å². The van der Waals surface area contributed by atoms with E-state index >= 15 is 0 Å². The lowest BCUT2D eigenvalue weighted by atomic mass is 10.1. The predicted molar refractivity (Wildman–Crippen MR) is 108 cm³/mol. The van der Waals surface area contributed by atoms with E-state index < -0.39 is 37.2 Å². The Bertz CT molecular complexity index is 1180. The Morgan fingerprint density at radius 1 is 1.34 bits per heavy atom. The molecule has 0 saturated carbocycles. The van der Waals surface area contributed by atoms with Crippen LogP contribution in [0.5, 0.6) is 0 Å². The Morgan fingerprint density at radius 2 is 2.10 bits per heavy atom. The zero-order valence-corrected chi connectivity index (χ0v) is 17.0. The topological polar surface area (TPSA) is 138 Å². The van der Waals surface area contributed by atoms with Gasteiger partial charge in [0.2, 0.25) is 17.8 Å². The number of hydrogen-bond acceptors (Lipinski definition) is 9. The number of nitrogens with two attached hydrogens (primary N) is 1. The van der Waals surface area contributed by atoms with E-state index in [1.54, 1.807) is 28.8 Å². The fraction of sp³-hybridized carbons (Fsp3) is 0.312. The standard InChI is InChI=1S/C16H13ClN5O5PS/c17-7-3-1-6(2-4-7)12-19-9-13(20-16(18)21-14(9)24)22(12)15-10(23)11-8(26-15)5-25-28(29)27-11/h1-4,8,10-11,15,23H,5H2,(H2-,18,20,21,24)/p+1/t8?,10?,11-,15-/m1/s1. The van der Waals surface area contributed by atoms with E-state index in [1.807, 2.05) is 0 Å². The van der Waals surface area contributed by atoms with Crippen molar-refractivity contribution in [3.8, 4) is 11.4 Å². The number of aromatic nitrogens is 4. The molecule has 13 heteroatoms. The predicted octanol–water partition coefficient (Wildman–Crippen LogP) is 1.47. The van der Waals surface area contributed by atoms with Gasteiger partial charge in [-0.25, -0.2) is 4.98 Å². The second-order valence-corrected chi connectivity index (χ2v) is 8.83. The molecule has 150 valence electrons. The van der Waals surface area contributed by atoms with Gasteiger partial charge in [-0.2, -0.15) is 4.98 Å². The molecule has 0 bridgehead atoms. The maximum Gasteiger partial charge on any atom is 0.522 e. The lowest BCUT2D eigenvalue weighted by Gasteiger charge is -2.19. The number of rotatable bonds is 2. The average Bonchev–Trinajstić information content (AvgIpc) is 3.21. The molecule has 29 heavy (non-hydrogen) atoms. The molecule has 0 amide bonds. The first-order valence-electron chi connectivity index (χ1n) is 8.56. The third-order valence-electron chi connectivity index (χ3n) is 4.79.